The lowest BCUT2D eigenvalue weighted by Gasteiger charge is -2.19. The van der Waals surface area contributed by atoms with E-state index in [1.54, 1.807) is 0 Å². The number of rotatable bonds is 4. The summed E-state index contributed by atoms with van der Waals surface area (Å²) >= 11 is 0. The molecule has 0 heterocycles. The quantitative estimate of drug-likeness (QED) is 0.498. The Kier molecular flexibility index (Phi) is 4.05. The van der Waals surface area contributed by atoms with Crippen molar-refractivity contribution in [1.29, 1.82) is 0 Å². The molecule has 84 valence electrons. The standard InChI is InChI=1S/C6H7NO8/c8-3(9)1-2(4(10)11)7(5(12)13)6(14)15/h2H,1H2,(H,8,9)(H,10,11)(H,12,13)(H,14,15)/t2-/m0/s1. The van der Waals surface area contributed by atoms with Crippen molar-refractivity contribution in [3.05, 3.63) is 0 Å². The summed E-state index contributed by atoms with van der Waals surface area (Å²) in [6.07, 6.45) is -5.22. The van der Waals surface area contributed by atoms with Crippen LogP contribution in [0.3, 0.4) is 0 Å². The van der Waals surface area contributed by atoms with Gasteiger partial charge >= 0.3 is 24.1 Å². The molecule has 0 aromatic heterocycles. The Morgan fingerprint density at radius 3 is 1.53 bits per heavy atom. The molecule has 0 saturated carbocycles. The first-order chi connectivity index (χ1) is 6.77. The fourth-order valence-electron chi connectivity index (χ4n) is 0.803. The van der Waals surface area contributed by atoms with Crippen molar-refractivity contribution in [1.82, 2.24) is 4.90 Å². The van der Waals surface area contributed by atoms with Crippen molar-refractivity contribution in [2.45, 2.75) is 12.5 Å². The molecular weight excluding hydrogens is 214 g/mol. The second-order valence-electron chi connectivity index (χ2n) is 2.39. The molecule has 0 aliphatic carbocycles. The second kappa shape index (κ2) is 4.79. The predicted octanol–water partition coefficient (Wildman–Crippen LogP) is -0.428. The number of hydrogen-bond donors (Lipinski definition) is 4. The van der Waals surface area contributed by atoms with Crippen LogP contribution in [0.1, 0.15) is 6.42 Å². The van der Waals surface area contributed by atoms with Gasteiger partial charge in [0.1, 0.15) is 0 Å². The fraction of sp³-hybridized carbons (Fsp3) is 0.333. The molecule has 0 aliphatic heterocycles. The Hall–Kier alpha value is -2.32. The monoisotopic (exact) mass is 221 g/mol. The van der Waals surface area contributed by atoms with E-state index in [1.165, 1.54) is 0 Å². The summed E-state index contributed by atoms with van der Waals surface area (Å²) < 4.78 is 0. The zero-order chi connectivity index (χ0) is 12.2. The first kappa shape index (κ1) is 12.7. The highest BCUT2D eigenvalue weighted by Crippen LogP contribution is 2.06. The van der Waals surface area contributed by atoms with Crippen molar-refractivity contribution in [2.24, 2.45) is 0 Å². The highest BCUT2D eigenvalue weighted by molar-refractivity contribution is 5.93. The number of amides is 2. The number of carbonyl (C=O) groups is 4. The topological polar surface area (TPSA) is 152 Å². The number of nitrogens with zero attached hydrogens (tertiary/aromatic N) is 1. The van der Waals surface area contributed by atoms with Crippen LogP contribution in [0.4, 0.5) is 9.59 Å². The summed E-state index contributed by atoms with van der Waals surface area (Å²) in [7, 11) is 0. The summed E-state index contributed by atoms with van der Waals surface area (Å²) in [6.45, 7) is 0. The van der Waals surface area contributed by atoms with Gasteiger partial charge in [-0.2, -0.15) is 4.90 Å². The molecular formula is C6H7NO8. The van der Waals surface area contributed by atoms with Crippen LogP contribution < -0.4 is 0 Å². The molecule has 0 aliphatic rings. The van der Waals surface area contributed by atoms with Crippen LogP contribution in [0.5, 0.6) is 0 Å². The van der Waals surface area contributed by atoms with Crippen LogP contribution in [0.25, 0.3) is 0 Å². The lowest BCUT2D eigenvalue weighted by atomic mass is 10.2. The molecule has 0 bridgehead atoms. The van der Waals surface area contributed by atoms with Gasteiger partial charge in [0.05, 0.1) is 6.42 Å². The lowest BCUT2D eigenvalue weighted by molar-refractivity contribution is -0.148. The van der Waals surface area contributed by atoms with Crippen molar-refractivity contribution in [2.75, 3.05) is 0 Å². The zero-order valence-electron chi connectivity index (χ0n) is 7.15. The normalized spacial score (nSPS) is 11.5. The third-order valence-electron chi connectivity index (χ3n) is 1.38. The molecule has 4 N–H and O–H groups in total. The van der Waals surface area contributed by atoms with Gasteiger partial charge in [-0.15, -0.1) is 0 Å². The smallest absolute Gasteiger partial charge is 0.417 e. The maximum Gasteiger partial charge on any atom is 0.417 e. The van der Waals surface area contributed by atoms with E-state index >= 15 is 0 Å². The van der Waals surface area contributed by atoms with Gasteiger partial charge in [-0.25, -0.2) is 14.4 Å². The lowest BCUT2D eigenvalue weighted by Crippen LogP contribution is -2.48. The summed E-state index contributed by atoms with van der Waals surface area (Å²) in [5.41, 5.74) is 0. The second-order valence-corrected chi connectivity index (χ2v) is 2.39. The molecule has 9 nitrogen and oxygen atoms in total. The number of aliphatic carboxylic acids is 2. The molecule has 0 unspecified atom stereocenters. The van der Waals surface area contributed by atoms with Gasteiger partial charge in [0.25, 0.3) is 0 Å². The number of carboxylic acid groups (broad SMARTS) is 4. The van der Waals surface area contributed by atoms with Gasteiger partial charge < -0.3 is 20.4 Å². The van der Waals surface area contributed by atoms with E-state index in [-0.39, 0.29) is 0 Å². The Bertz CT molecular complexity index is 296. The molecule has 0 rings (SSSR count). The maximum absolute atomic E-state index is 10.5. The van der Waals surface area contributed by atoms with E-state index in [4.69, 9.17) is 20.4 Å². The number of hydrogen-bond acceptors (Lipinski definition) is 4. The largest absolute Gasteiger partial charge is 0.481 e. The van der Waals surface area contributed by atoms with Gasteiger partial charge in [0, 0.05) is 0 Å². The number of imide groups is 1. The molecule has 15 heavy (non-hydrogen) atoms. The third-order valence-corrected chi connectivity index (χ3v) is 1.38. The molecule has 0 radical (unpaired) electrons. The SMILES string of the molecule is O=C(O)C[C@@H](C(=O)O)N(C(=O)O)C(=O)O. The van der Waals surface area contributed by atoms with Gasteiger partial charge in [-0.1, -0.05) is 0 Å². The Labute approximate surface area is 82.1 Å². The van der Waals surface area contributed by atoms with E-state index in [2.05, 4.69) is 0 Å². The van der Waals surface area contributed by atoms with Gasteiger partial charge in [-0.05, 0) is 0 Å². The van der Waals surface area contributed by atoms with E-state index < -0.39 is 41.5 Å². The Balaban J connectivity index is 5.01. The van der Waals surface area contributed by atoms with E-state index in [0.29, 0.717) is 0 Å². The van der Waals surface area contributed by atoms with Crippen LogP contribution in [-0.4, -0.2) is 55.5 Å². The van der Waals surface area contributed by atoms with Gasteiger partial charge in [0.2, 0.25) is 0 Å². The average molecular weight is 221 g/mol. The zero-order valence-corrected chi connectivity index (χ0v) is 7.15. The molecule has 1 atom stereocenters. The minimum absolute atomic E-state index is 0.476. The molecule has 0 aromatic carbocycles. The predicted molar refractivity (Wildman–Crippen MR) is 41.6 cm³/mol. The van der Waals surface area contributed by atoms with Crippen molar-refractivity contribution in [3.8, 4) is 0 Å². The summed E-state index contributed by atoms with van der Waals surface area (Å²) in [6, 6.07) is -2.16. The molecule has 0 aromatic rings. The summed E-state index contributed by atoms with van der Waals surface area (Å²) in [4.78, 5) is 40.9. The third kappa shape index (κ3) is 3.50. The first-order valence-corrected chi connectivity index (χ1v) is 3.47. The molecule has 2 amide bonds. The molecule has 0 spiro atoms. The highest BCUT2D eigenvalue weighted by atomic mass is 16.4. The molecule has 0 saturated heterocycles. The Morgan fingerprint density at radius 2 is 1.33 bits per heavy atom. The molecule has 9 heteroatoms. The van der Waals surface area contributed by atoms with Crippen LogP contribution >= 0.6 is 0 Å². The Morgan fingerprint density at radius 1 is 0.933 bits per heavy atom. The number of carboxylic acids is 2. The fourth-order valence-corrected chi connectivity index (χ4v) is 0.803. The highest BCUT2D eigenvalue weighted by Gasteiger charge is 2.36. The minimum Gasteiger partial charge on any atom is -0.481 e. The van der Waals surface area contributed by atoms with E-state index in [9.17, 15) is 19.2 Å². The summed E-state index contributed by atoms with van der Waals surface area (Å²) in [5, 5.41) is 33.5. The van der Waals surface area contributed by atoms with Crippen LogP contribution in [0, 0.1) is 0 Å². The van der Waals surface area contributed by atoms with Crippen molar-refractivity contribution < 1.29 is 39.6 Å². The minimum atomic E-state index is -2.16. The average Bonchev–Trinajstić information content (AvgIpc) is 2.00. The maximum atomic E-state index is 10.5. The molecule has 0 fully saturated rings. The van der Waals surface area contributed by atoms with Crippen LogP contribution in [-0.2, 0) is 9.59 Å². The van der Waals surface area contributed by atoms with Gasteiger partial charge in [0.15, 0.2) is 6.04 Å². The summed E-state index contributed by atoms with van der Waals surface area (Å²) in [5.74, 6) is -3.46. The van der Waals surface area contributed by atoms with E-state index in [0.717, 1.165) is 0 Å². The van der Waals surface area contributed by atoms with Crippen molar-refractivity contribution >= 4 is 24.1 Å². The van der Waals surface area contributed by atoms with Crippen LogP contribution in [0.2, 0.25) is 0 Å². The van der Waals surface area contributed by atoms with Crippen molar-refractivity contribution in [3.63, 3.8) is 0 Å². The van der Waals surface area contributed by atoms with E-state index in [1.807, 2.05) is 0 Å². The van der Waals surface area contributed by atoms with Crippen LogP contribution in [0.15, 0.2) is 0 Å². The first-order valence-electron chi connectivity index (χ1n) is 3.47. The van der Waals surface area contributed by atoms with Gasteiger partial charge in [-0.3, -0.25) is 4.79 Å².